The van der Waals surface area contributed by atoms with Crippen LogP contribution >= 0.6 is 46.7 Å². The zero-order chi connectivity index (χ0) is 17.8. The fourth-order valence-corrected chi connectivity index (χ4v) is 4.69. The molecular formula is C17H16Cl2N4S2. The van der Waals surface area contributed by atoms with E-state index < -0.39 is 0 Å². The van der Waals surface area contributed by atoms with Crippen molar-refractivity contribution in [1.29, 1.82) is 0 Å². The highest BCUT2D eigenvalue weighted by Crippen LogP contribution is 2.31. The summed E-state index contributed by atoms with van der Waals surface area (Å²) in [6.07, 6.45) is 0. The number of rotatable bonds is 6. The molecule has 3 aromatic rings. The van der Waals surface area contributed by atoms with Crippen LogP contribution < -0.4 is 0 Å². The van der Waals surface area contributed by atoms with Crippen LogP contribution in [0, 0.1) is 13.8 Å². The molecule has 3 rings (SSSR count). The van der Waals surface area contributed by atoms with Crippen molar-refractivity contribution >= 4 is 46.7 Å². The second-order valence-corrected chi connectivity index (χ2v) is 8.48. The van der Waals surface area contributed by atoms with Crippen molar-refractivity contribution in [3.63, 3.8) is 0 Å². The van der Waals surface area contributed by atoms with Crippen LogP contribution in [0.5, 0.6) is 0 Å². The van der Waals surface area contributed by atoms with E-state index in [-0.39, 0.29) is 0 Å². The molecule has 130 valence electrons. The van der Waals surface area contributed by atoms with Crippen molar-refractivity contribution in [3.05, 3.63) is 57.6 Å². The second-order valence-electron chi connectivity index (χ2n) is 5.43. The lowest BCUT2D eigenvalue weighted by Crippen LogP contribution is -2.02. The van der Waals surface area contributed by atoms with Crippen molar-refractivity contribution in [2.45, 2.75) is 23.9 Å². The van der Waals surface area contributed by atoms with E-state index in [9.17, 15) is 0 Å². The van der Waals surface area contributed by atoms with Crippen LogP contribution in [-0.4, -0.2) is 31.7 Å². The highest BCUT2D eigenvalue weighted by Gasteiger charge is 2.11. The predicted molar refractivity (Wildman–Crippen MR) is 107 cm³/mol. The highest BCUT2D eigenvalue weighted by atomic mass is 35.5. The second kappa shape index (κ2) is 8.45. The Morgan fingerprint density at radius 2 is 1.80 bits per heavy atom. The lowest BCUT2D eigenvalue weighted by molar-refractivity contribution is 0.752. The fraction of sp³-hybridized carbons (Fsp3) is 0.235. The SMILES string of the molecule is Cc1ccc(-n2nnnc2SCCSc2cc(Cl)ccc2Cl)c(C)c1. The molecule has 1 aromatic heterocycles. The molecule has 0 saturated heterocycles. The molecule has 0 fully saturated rings. The van der Waals surface area contributed by atoms with Gasteiger partial charge in [0.25, 0.3) is 0 Å². The van der Waals surface area contributed by atoms with E-state index in [1.165, 1.54) is 5.56 Å². The zero-order valence-corrected chi connectivity index (χ0v) is 16.9. The van der Waals surface area contributed by atoms with Gasteiger partial charge in [0.2, 0.25) is 5.16 Å². The average Bonchev–Trinajstić information content (AvgIpc) is 3.03. The summed E-state index contributed by atoms with van der Waals surface area (Å²) in [5.74, 6) is 1.74. The van der Waals surface area contributed by atoms with Crippen molar-refractivity contribution in [1.82, 2.24) is 20.2 Å². The minimum atomic E-state index is 0.693. The number of benzene rings is 2. The number of thioether (sulfide) groups is 2. The van der Waals surface area contributed by atoms with E-state index >= 15 is 0 Å². The standard InChI is InChI=1S/C17H16Cl2N4S2/c1-11-3-6-15(12(2)9-11)23-17(20-21-22-23)25-8-7-24-16-10-13(18)4-5-14(16)19/h3-6,9-10H,7-8H2,1-2H3. The van der Waals surface area contributed by atoms with Gasteiger partial charge in [0, 0.05) is 21.4 Å². The molecule has 0 aliphatic heterocycles. The van der Waals surface area contributed by atoms with Gasteiger partial charge in [0.15, 0.2) is 0 Å². The van der Waals surface area contributed by atoms with Gasteiger partial charge in [-0.25, -0.2) is 0 Å². The summed E-state index contributed by atoms with van der Waals surface area (Å²) in [6.45, 7) is 4.14. The molecule has 25 heavy (non-hydrogen) atoms. The van der Waals surface area contributed by atoms with E-state index in [0.29, 0.717) is 5.02 Å². The minimum Gasteiger partial charge on any atom is -0.187 e. The van der Waals surface area contributed by atoms with E-state index in [2.05, 4.69) is 41.5 Å². The van der Waals surface area contributed by atoms with Crippen LogP contribution in [0.4, 0.5) is 0 Å². The minimum absolute atomic E-state index is 0.693. The van der Waals surface area contributed by atoms with E-state index in [0.717, 1.165) is 37.8 Å². The third-order valence-corrected chi connectivity index (χ3v) is 6.40. The molecule has 0 radical (unpaired) electrons. The van der Waals surface area contributed by atoms with Crippen LogP contribution in [0.15, 0.2) is 46.5 Å². The number of aromatic nitrogens is 4. The molecule has 0 bridgehead atoms. The average molecular weight is 411 g/mol. The van der Waals surface area contributed by atoms with E-state index in [1.807, 2.05) is 18.2 Å². The third kappa shape index (κ3) is 4.70. The van der Waals surface area contributed by atoms with Gasteiger partial charge in [0.05, 0.1) is 10.7 Å². The summed E-state index contributed by atoms with van der Waals surface area (Å²) in [7, 11) is 0. The van der Waals surface area contributed by atoms with Crippen molar-refractivity contribution in [2.75, 3.05) is 11.5 Å². The lowest BCUT2D eigenvalue weighted by atomic mass is 10.1. The molecule has 0 spiro atoms. The van der Waals surface area contributed by atoms with Gasteiger partial charge in [-0.1, -0.05) is 52.7 Å². The zero-order valence-electron chi connectivity index (χ0n) is 13.7. The molecule has 0 amide bonds. The molecule has 0 aliphatic rings. The van der Waals surface area contributed by atoms with Gasteiger partial charge >= 0.3 is 0 Å². The molecule has 2 aromatic carbocycles. The number of hydrogen-bond donors (Lipinski definition) is 0. The molecule has 8 heteroatoms. The maximum absolute atomic E-state index is 6.19. The first kappa shape index (κ1) is 18.6. The maximum Gasteiger partial charge on any atom is 0.214 e. The van der Waals surface area contributed by atoms with Gasteiger partial charge in [-0.05, 0) is 54.1 Å². The van der Waals surface area contributed by atoms with Crippen molar-refractivity contribution in [2.24, 2.45) is 0 Å². The van der Waals surface area contributed by atoms with Gasteiger partial charge in [0.1, 0.15) is 0 Å². The molecule has 0 unspecified atom stereocenters. The fourth-order valence-electron chi connectivity index (χ4n) is 2.34. The maximum atomic E-state index is 6.19. The summed E-state index contributed by atoms with van der Waals surface area (Å²) >= 11 is 15.5. The first-order valence-corrected chi connectivity index (χ1v) is 10.3. The first-order valence-electron chi connectivity index (χ1n) is 7.61. The Labute approximate surface area is 165 Å². The van der Waals surface area contributed by atoms with Crippen LogP contribution in [0.25, 0.3) is 5.69 Å². The Balaban J connectivity index is 1.63. The monoisotopic (exact) mass is 410 g/mol. The first-order chi connectivity index (χ1) is 12.0. The number of nitrogens with zero attached hydrogens (tertiary/aromatic N) is 4. The Morgan fingerprint density at radius 1 is 1.00 bits per heavy atom. The van der Waals surface area contributed by atoms with Crippen molar-refractivity contribution < 1.29 is 0 Å². The quantitative estimate of drug-likeness (QED) is 0.398. The highest BCUT2D eigenvalue weighted by molar-refractivity contribution is 8.02. The largest absolute Gasteiger partial charge is 0.214 e. The van der Waals surface area contributed by atoms with Gasteiger partial charge < -0.3 is 0 Å². The van der Waals surface area contributed by atoms with E-state index in [1.54, 1.807) is 34.3 Å². The summed E-state index contributed by atoms with van der Waals surface area (Å²) in [5.41, 5.74) is 3.37. The Kier molecular flexibility index (Phi) is 6.28. The van der Waals surface area contributed by atoms with Gasteiger partial charge in [-0.3, -0.25) is 0 Å². The number of tetrazole rings is 1. The Morgan fingerprint density at radius 3 is 2.60 bits per heavy atom. The van der Waals surface area contributed by atoms with Gasteiger partial charge in [-0.2, -0.15) is 4.68 Å². The van der Waals surface area contributed by atoms with Crippen LogP contribution in [0.3, 0.4) is 0 Å². The number of hydrogen-bond acceptors (Lipinski definition) is 5. The molecule has 0 N–H and O–H groups in total. The van der Waals surface area contributed by atoms with E-state index in [4.69, 9.17) is 23.2 Å². The molecule has 4 nitrogen and oxygen atoms in total. The van der Waals surface area contributed by atoms with Crippen LogP contribution in [0.1, 0.15) is 11.1 Å². The topological polar surface area (TPSA) is 43.6 Å². The lowest BCUT2D eigenvalue weighted by Gasteiger charge is -2.08. The number of aryl methyl sites for hydroxylation is 2. The summed E-state index contributed by atoms with van der Waals surface area (Å²) in [5, 5.41) is 14.3. The molecule has 0 saturated carbocycles. The summed E-state index contributed by atoms with van der Waals surface area (Å²) in [6, 6.07) is 11.7. The normalized spacial score (nSPS) is 11.0. The Hall–Kier alpha value is -1.21. The molecular weight excluding hydrogens is 395 g/mol. The van der Waals surface area contributed by atoms with Crippen molar-refractivity contribution in [3.8, 4) is 5.69 Å². The predicted octanol–water partition coefficient (Wildman–Crippen LogP) is 5.47. The summed E-state index contributed by atoms with van der Waals surface area (Å²) in [4.78, 5) is 0.990. The smallest absolute Gasteiger partial charge is 0.187 e. The number of halogens is 2. The van der Waals surface area contributed by atoms with Crippen LogP contribution in [0.2, 0.25) is 10.0 Å². The van der Waals surface area contributed by atoms with Crippen LogP contribution in [-0.2, 0) is 0 Å². The molecule has 0 aliphatic carbocycles. The third-order valence-electron chi connectivity index (χ3n) is 3.49. The molecule has 1 heterocycles. The Bertz CT molecular complexity index is 883. The van der Waals surface area contributed by atoms with Gasteiger partial charge in [-0.15, -0.1) is 16.9 Å². The molecule has 0 atom stereocenters. The summed E-state index contributed by atoms with van der Waals surface area (Å²) < 4.78 is 1.79.